The molecule has 0 spiro atoms. The maximum Gasteiger partial charge on any atom is 0.118 e. The summed E-state index contributed by atoms with van der Waals surface area (Å²) in [5.41, 5.74) is 2.64. The zero-order valence-electron chi connectivity index (χ0n) is 18.2. The van der Waals surface area contributed by atoms with Crippen LogP contribution in [-0.2, 0) is 11.3 Å². The van der Waals surface area contributed by atoms with Crippen molar-refractivity contribution in [2.75, 3.05) is 27.4 Å². The summed E-state index contributed by atoms with van der Waals surface area (Å²) in [6.45, 7) is 7.14. The average molecular weight is 398 g/mol. The number of ether oxygens (including phenoxy) is 3. The molecule has 2 aromatic rings. The third-order valence-electron chi connectivity index (χ3n) is 5.97. The number of methoxy groups -OCH3 is 2. The fourth-order valence-corrected chi connectivity index (χ4v) is 4.38. The normalized spacial score (nSPS) is 19.5. The number of hydrogen-bond donors (Lipinski definition) is 1. The van der Waals surface area contributed by atoms with Crippen molar-refractivity contribution in [3.63, 3.8) is 0 Å². The Morgan fingerprint density at radius 2 is 1.62 bits per heavy atom. The van der Waals surface area contributed by atoms with E-state index in [1.807, 2.05) is 12.1 Å². The quantitative estimate of drug-likeness (QED) is 0.593. The third-order valence-corrected chi connectivity index (χ3v) is 5.97. The van der Waals surface area contributed by atoms with Gasteiger partial charge in [0, 0.05) is 13.2 Å². The van der Waals surface area contributed by atoms with E-state index in [9.17, 15) is 0 Å². The van der Waals surface area contributed by atoms with Crippen molar-refractivity contribution in [3.8, 4) is 11.5 Å². The van der Waals surface area contributed by atoms with Crippen LogP contribution in [0.5, 0.6) is 11.5 Å². The Balaban J connectivity index is 1.62. The topological polar surface area (TPSA) is 39.7 Å². The molecule has 2 aromatic carbocycles. The molecule has 0 amide bonds. The van der Waals surface area contributed by atoms with Crippen LogP contribution < -0.4 is 14.8 Å². The molecule has 1 N–H and O–H groups in total. The van der Waals surface area contributed by atoms with Crippen molar-refractivity contribution in [2.24, 2.45) is 5.92 Å². The molecule has 0 saturated carbocycles. The average Bonchev–Trinajstić information content (AvgIpc) is 2.73. The second-order valence-electron chi connectivity index (χ2n) is 8.55. The van der Waals surface area contributed by atoms with E-state index >= 15 is 0 Å². The summed E-state index contributed by atoms with van der Waals surface area (Å²) >= 11 is 0. The van der Waals surface area contributed by atoms with Crippen LogP contribution in [0.3, 0.4) is 0 Å². The summed E-state index contributed by atoms with van der Waals surface area (Å²) in [5, 5.41) is 3.63. The molecule has 158 valence electrons. The maximum atomic E-state index is 5.97. The summed E-state index contributed by atoms with van der Waals surface area (Å²) in [6, 6.07) is 16.9. The zero-order chi connectivity index (χ0) is 20.7. The Kier molecular flexibility index (Phi) is 7.57. The first kappa shape index (κ1) is 21.7. The van der Waals surface area contributed by atoms with Crippen molar-refractivity contribution in [1.29, 1.82) is 0 Å². The first-order chi connectivity index (χ1) is 14.0. The highest BCUT2D eigenvalue weighted by molar-refractivity contribution is 5.30. The molecule has 0 aliphatic carbocycles. The molecule has 4 heteroatoms. The SMILES string of the molecule is COc1ccc(CNCC[C@H](c2ccc(OC)cc2)[C@H]2CCOC(C)(C)C2)cc1. The lowest BCUT2D eigenvalue weighted by Gasteiger charge is -2.39. The van der Waals surface area contributed by atoms with Gasteiger partial charge in [-0.15, -0.1) is 0 Å². The molecule has 0 bridgehead atoms. The fraction of sp³-hybridized carbons (Fsp3) is 0.520. The fourth-order valence-electron chi connectivity index (χ4n) is 4.38. The molecule has 2 atom stereocenters. The van der Waals surface area contributed by atoms with Crippen LogP contribution in [0.1, 0.15) is 50.2 Å². The number of benzene rings is 2. The van der Waals surface area contributed by atoms with Crippen molar-refractivity contribution < 1.29 is 14.2 Å². The summed E-state index contributed by atoms with van der Waals surface area (Å²) < 4.78 is 16.6. The van der Waals surface area contributed by atoms with Crippen molar-refractivity contribution in [2.45, 2.75) is 51.2 Å². The molecule has 0 aromatic heterocycles. The highest BCUT2D eigenvalue weighted by Crippen LogP contribution is 2.40. The molecule has 1 aliphatic rings. The van der Waals surface area contributed by atoms with E-state index in [4.69, 9.17) is 14.2 Å². The number of hydrogen-bond acceptors (Lipinski definition) is 4. The van der Waals surface area contributed by atoms with Crippen molar-refractivity contribution in [3.05, 3.63) is 59.7 Å². The molecule has 3 rings (SSSR count). The van der Waals surface area contributed by atoms with Crippen molar-refractivity contribution >= 4 is 0 Å². The molecular weight excluding hydrogens is 362 g/mol. The number of nitrogens with one attached hydrogen (secondary N) is 1. The van der Waals surface area contributed by atoms with Gasteiger partial charge in [0.1, 0.15) is 11.5 Å². The first-order valence-electron chi connectivity index (χ1n) is 10.6. The summed E-state index contributed by atoms with van der Waals surface area (Å²) in [5.74, 6) is 2.97. The molecular formula is C25H35NO3. The van der Waals surface area contributed by atoms with E-state index in [-0.39, 0.29) is 5.60 Å². The summed E-state index contributed by atoms with van der Waals surface area (Å²) in [6.07, 6.45) is 3.34. The van der Waals surface area contributed by atoms with Gasteiger partial charge in [0.15, 0.2) is 0 Å². The monoisotopic (exact) mass is 397 g/mol. The van der Waals surface area contributed by atoms with Crippen molar-refractivity contribution in [1.82, 2.24) is 5.32 Å². The first-order valence-corrected chi connectivity index (χ1v) is 10.6. The Morgan fingerprint density at radius 1 is 1.00 bits per heavy atom. The second kappa shape index (κ2) is 10.1. The standard InChI is InChI=1S/C25H35NO3/c1-25(2)17-21(14-16-29-25)24(20-7-11-23(28-4)12-8-20)13-15-26-18-19-5-9-22(27-3)10-6-19/h5-12,21,24,26H,13-18H2,1-4H3/t21-,24+/m0/s1. The van der Waals surface area contributed by atoms with Crippen LogP contribution in [0, 0.1) is 5.92 Å². The van der Waals surface area contributed by atoms with Gasteiger partial charge >= 0.3 is 0 Å². The van der Waals surface area contributed by atoms with Crippen LogP contribution in [-0.4, -0.2) is 33.0 Å². The van der Waals surface area contributed by atoms with Crippen LogP contribution >= 0.6 is 0 Å². The van der Waals surface area contributed by atoms with Gasteiger partial charge in [-0.1, -0.05) is 24.3 Å². The van der Waals surface area contributed by atoms with Crippen LogP contribution in [0.25, 0.3) is 0 Å². The minimum Gasteiger partial charge on any atom is -0.497 e. The lowest BCUT2D eigenvalue weighted by Crippen LogP contribution is -2.36. The predicted octanol–water partition coefficient (Wildman–Crippen LogP) is 5.17. The van der Waals surface area contributed by atoms with E-state index in [0.29, 0.717) is 11.8 Å². The van der Waals surface area contributed by atoms with Gasteiger partial charge in [0.05, 0.1) is 19.8 Å². The van der Waals surface area contributed by atoms with E-state index < -0.39 is 0 Å². The minimum absolute atomic E-state index is 0.0375. The van der Waals surface area contributed by atoms with Crippen LogP contribution in [0.2, 0.25) is 0 Å². The van der Waals surface area contributed by atoms with Gasteiger partial charge in [-0.3, -0.25) is 0 Å². The molecule has 4 nitrogen and oxygen atoms in total. The smallest absolute Gasteiger partial charge is 0.118 e. The lowest BCUT2D eigenvalue weighted by atomic mass is 9.75. The molecule has 1 fully saturated rings. The highest BCUT2D eigenvalue weighted by atomic mass is 16.5. The van der Waals surface area contributed by atoms with Gasteiger partial charge in [-0.25, -0.2) is 0 Å². The van der Waals surface area contributed by atoms with Gasteiger partial charge in [-0.2, -0.15) is 0 Å². The molecule has 1 saturated heterocycles. The van der Waals surface area contributed by atoms with E-state index in [1.54, 1.807) is 14.2 Å². The van der Waals surface area contributed by atoms with Gasteiger partial charge in [-0.05, 0) is 86.9 Å². The van der Waals surface area contributed by atoms with E-state index in [0.717, 1.165) is 50.5 Å². The zero-order valence-corrected chi connectivity index (χ0v) is 18.2. The summed E-state index contributed by atoms with van der Waals surface area (Å²) in [7, 11) is 3.42. The summed E-state index contributed by atoms with van der Waals surface area (Å²) in [4.78, 5) is 0. The minimum atomic E-state index is -0.0375. The third kappa shape index (κ3) is 6.22. The van der Waals surface area contributed by atoms with Crippen LogP contribution in [0.15, 0.2) is 48.5 Å². The maximum absolute atomic E-state index is 5.97. The molecule has 29 heavy (non-hydrogen) atoms. The second-order valence-corrected chi connectivity index (χ2v) is 8.55. The highest BCUT2D eigenvalue weighted by Gasteiger charge is 2.33. The van der Waals surface area contributed by atoms with Gasteiger partial charge in [0.2, 0.25) is 0 Å². The Labute approximate surface area is 175 Å². The molecule has 1 heterocycles. The predicted molar refractivity (Wildman–Crippen MR) is 118 cm³/mol. The largest absolute Gasteiger partial charge is 0.497 e. The molecule has 1 aliphatic heterocycles. The van der Waals surface area contributed by atoms with E-state index in [2.05, 4.69) is 55.6 Å². The lowest BCUT2D eigenvalue weighted by molar-refractivity contribution is -0.0771. The Hall–Kier alpha value is -2.04. The molecule has 0 unspecified atom stereocenters. The Bertz CT molecular complexity index is 740. The number of rotatable bonds is 9. The van der Waals surface area contributed by atoms with Gasteiger partial charge in [0.25, 0.3) is 0 Å². The van der Waals surface area contributed by atoms with E-state index in [1.165, 1.54) is 11.1 Å². The Morgan fingerprint density at radius 3 is 2.21 bits per heavy atom. The van der Waals surface area contributed by atoms with Gasteiger partial charge < -0.3 is 19.5 Å². The van der Waals surface area contributed by atoms with Crippen LogP contribution in [0.4, 0.5) is 0 Å². The molecule has 0 radical (unpaired) electrons.